The Morgan fingerprint density at radius 1 is 1.18 bits per heavy atom. The van der Waals surface area contributed by atoms with Gasteiger partial charge in [0, 0.05) is 19.5 Å². The first-order valence-corrected chi connectivity index (χ1v) is 8.48. The van der Waals surface area contributed by atoms with Gasteiger partial charge in [0.1, 0.15) is 6.04 Å². The molecule has 3 N–H and O–H groups in total. The maximum Gasteiger partial charge on any atom is 0.242 e. The van der Waals surface area contributed by atoms with Crippen molar-refractivity contribution in [3.63, 3.8) is 0 Å². The van der Waals surface area contributed by atoms with Crippen molar-refractivity contribution >= 4 is 25.3 Å². The molecule has 22 heavy (non-hydrogen) atoms. The van der Waals surface area contributed by atoms with Crippen LogP contribution in [0.1, 0.15) is 64.7 Å². The van der Waals surface area contributed by atoms with Crippen molar-refractivity contribution in [3.8, 4) is 0 Å². The first-order valence-electron chi connectivity index (χ1n) is 8.48. The molecule has 1 fully saturated rings. The normalized spacial score (nSPS) is 17.2. The van der Waals surface area contributed by atoms with E-state index in [1.807, 2.05) is 0 Å². The summed E-state index contributed by atoms with van der Waals surface area (Å²) in [6.45, 7) is 4.25. The maximum atomic E-state index is 12.2. The summed E-state index contributed by atoms with van der Waals surface area (Å²) in [6.07, 6.45) is 8.44. The molecule has 0 radical (unpaired) electrons. The van der Waals surface area contributed by atoms with Crippen molar-refractivity contribution < 1.29 is 9.59 Å². The summed E-state index contributed by atoms with van der Waals surface area (Å²) >= 11 is 0. The Kier molecular flexibility index (Phi) is 12.3. The molecule has 0 aromatic heterocycles. The first kappa shape index (κ1) is 21.2. The van der Waals surface area contributed by atoms with E-state index in [-0.39, 0.29) is 31.4 Å². The molecule has 1 aliphatic heterocycles. The topological polar surface area (TPSA) is 75.4 Å². The van der Waals surface area contributed by atoms with E-state index in [4.69, 9.17) is 5.73 Å². The standard InChI is InChI=1S/C16H31N3O2.H2S/c1-2-3-5-10-15(20)19-13-8-9-14(19)16(21)18-12-7-4-6-11-17;/h14H,2-13,17H2,1H3,(H,18,21);1H2. The highest BCUT2D eigenvalue weighted by molar-refractivity contribution is 7.59. The Hall–Kier alpha value is -0.750. The number of amides is 2. The van der Waals surface area contributed by atoms with Crippen LogP contribution < -0.4 is 11.1 Å². The van der Waals surface area contributed by atoms with Crippen LogP contribution in [0.2, 0.25) is 0 Å². The van der Waals surface area contributed by atoms with Gasteiger partial charge in [0.25, 0.3) is 0 Å². The van der Waals surface area contributed by atoms with Gasteiger partial charge in [-0.2, -0.15) is 13.5 Å². The fourth-order valence-corrected chi connectivity index (χ4v) is 2.78. The van der Waals surface area contributed by atoms with Gasteiger partial charge in [-0.15, -0.1) is 0 Å². The Balaban J connectivity index is 0.00000441. The third kappa shape index (κ3) is 7.49. The molecule has 1 rings (SSSR count). The number of rotatable bonds is 10. The molecule has 1 atom stereocenters. The first-order chi connectivity index (χ1) is 10.2. The summed E-state index contributed by atoms with van der Waals surface area (Å²) in [6, 6.07) is -0.242. The van der Waals surface area contributed by atoms with Gasteiger partial charge in [0.2, 0.25) is 11.8 Å². The van der Waals surface area contributed by atoms with Crippen LogP contribution in [-0.2, 0) is 9.59 Å². The van der Waals surface area contributed by atoms with Gasteiger partial charge in [-0.1, -0.05) is 26.2 Å². The molecule has 0 aliphatic carbocycles. The van der Waals surface area contributed by atoms with E-state index in [1.54, 1.807) is 4.90 Å². The lowest BCUT2D eigenvalue weighted by atomic mass is 10.1. The van der Waals surface area contributed by atoms with Gasteiger partial charge in [-0.3, -0.25) is 9.59 Å². The molecule has 1 unspecified atom stereocenters. The molecule has 130 valence electrons. The van der Waals surface area contributed by atoms with Gasteiger partial charge < -0.3 is 16.0 Å². The van der Waals surface area contributed by atoms with Crippen LogP contribution >= 0.6 is 13.5 Å². The molecule has 0 aromatic rings. The van der Waals surface area contributed by atoms with Gasteiger partial charge in [0.05, 0.1) is 0 Å². The lowest BCUT2D eigenvalue weighted by molar-refractivity contribution is -0.138. The molecule has 1 aliphatic rings. The molecule has 0 bridgehead atoms. The summed E-state index contributed by atoms with van der Waals surface area (Å²) in [5, 5.41) is 2.96. The molecule has 1 heterocycles. The molecule has 0 saturated carbocycles. The number of likely N-dealkylation sites (tertiary alicyclic amines) is 1. The molecule has 5 nitrogen and oxygen atoms in total. The van der Waals surface area contributed by atoms with Crippen LogP contribution in [0.15, 0.2) is 0 Å². The number of carbonyl (C=O) groups excluding carboxylic acids is 2. The molecule has 6 heteroatoms. The Morgan fingerprint density at radius 2 is 1.95 bits per heavy atom. The van der Waals surface area contributed by atoms with Crippen LogP contribution in [0.3, 0.4) is 0 Å². The summed E-state index contributed by atoms with van der Waals surface area (Å²) < 4.78 is 0. The average molecular weight is 332 g/mol. The third-order valence-electron chi connectivity index (χ3n) is 4.05. The van der Waals surface area contributed by atoms with Crippen LogP contribution in [-0.4, -0.2) is 42.4 Å². The number of nitrogens with zero attached hydrogens (tertiary/aromatic N) is 1. The van der Waals surface area contributed by atoms with E-state index in [2.05, 4.69) is 12.2 Å². The van der Waals surface area contributed by atoms with Gasteiger partial charge in [-0.05, 0) is 38.6 Å². The van der Waals surface area contributed by atoms with Crippen molar-refractivity contribution in [1.82, 2.24) is 10.2 Å². The largest absolute Gasteiger partial charge is 0.354 e. The molecule has 2 amide bonds. The Morgan fingerprint density at radius 3 is 2.64 bits per heavy atom. The maximum absolute atomic E-state index is 12.2. The lowest BCUT2D eigenvalue weighted by Crippen LogP contribution is -2.46. The summed E-state index contributed by atoms with van der Waals surface area (Å²) in [5.41, 5.74) is 5.44. The van der Waals surface area contributed by atoms with Crippen LogP contribution in [0.25, 0.3) is 0 Å². The molecular formula is C16H33N3O2S. The molecular weight excluding hydrogens is 298 g/mol. The number of hydrogen-bond acceptors (Lipinski definition) is 3. The predicted molar refractivity (Wildman–Crippen MR) is 95.2 cm³/mol. The second-order valence-corrected chi connectivity index (χ2v) is 5.84. The van der Waals surface area contributed by atoms with E-state index in [0.29, 0.717) is 19.5 Å². The zero-order chi connectivity index (χ0) is 15.5. The second-order valence-electron chi connectivity index (χ2n) is 5.84. The van der Waals surface area contributed by atoms with Crippen LogP contribution in [0.5, 0.6) is 0 Å². The van der Waals surface area contributed by atoms with Crippen LogP contribution in [0, 0.1) is 0 Å². The molecule has 0 aromatic carbocycles. The number of nitrogens with one attached hydrogen (secondary N) is 1. The highest BCUT2D eigenvalue weighted by Crippen LogP contribution is 2.19. The second kappa shape index (κ2) is 12.8. The Bertz CT molecular complexity index is 327. The van der Waals surface area contributed by atoms with Crippen molar-refractivity contribution in [3.05, 3.63) is 0 Å². The summed E-state index contributed by atoms with van der Waals surface area (Å²) in [7, 11) is 0. The number of carbonyl (C=O) groups is 2. The zero-order valence-electron chi connectivity index (χ0n) is 13.9. The van der Waals surface area contributed by atoms with E-state index < -0.39 is 0 Å². The van der Waals surface area contributed by atoms with E-state index in [1.165, 1.54) is 0 Å². The van der Waals surface area contributed by atoms with Crippen molar-refractivity contribution in [2.75, 3.05) is 19.6 Å². The quantitative estimate of drug-likeness (QED) is 0.601. The summed E-state index contributed by atoms with van der Waals surface area (Å²) in [4.78, 5) is 26.2. The fourth-order valence-electron chi connectivity index (χ4n) is 2.78. The average Bonchev–Trinajstić information content (AvgIpc) is 2.96. The third-order valence-corrected chi connectivity index (χ3v) is 4.05. The smallest absolute Gasteiger partial charge is 0.242 e. The molecule has 1 saturated heterocycles. The van der Waals surface area contributed by atoms with Crippen molar-refractivity contribution in [1.29, 1.82) is 0 Å². The van der Waals surface area contributed by atoms with Crippen molar-refractivity contribution in [2.45, 2.75) is 70.8 Å². The predicted octanol–water partition coefficient (Wildman–Crippen LogP) is 1.92. The number of hydrogen-bond donors (Lipinski definition) is 2. The number of nitrogens with two attached hydrogens (primary N) is 1. The van der Waals surface area contributed by atoms with E-state index in [0.717, 1.165) is 57.9 Å². The minimum Gasteiger partial charge on any atom is -0.354 e. The van der Waals surface area contributed by atoms with E-state index in [9.17, 15) is 9.59 Å². The zero-order valence-corrected chi connectivity index (χ0v) is 14.9. The number of unbranched alkanes of at least 4 members (excludes halogenated alkanes) is 4. The minimum absolute atomic E-state index is 0. The Labute approximate surface area is 141 Å². The lowest BCUT2D eigenvalue weighted by Gasteiger charge is -2.24. The SMILES string of the molecule is CCCCCC(=O)N1CCCC1C(=O)NCCCCCN.S. The molecule has 0 spiro atoms. The van der Waals surface area contributed by atoms with Gasteiger partial charge in [0.15, 0.2) is 0 Å². The monoisotopic (exact) mass is 331 g/mol. The highest BCUT2D eigenvalue weighted by atomic mass is 32.1. The summed E-state index contributed by atoms with van der Waals surface area (Å²) in [5.74, 6) is 0.160. The van der Waals surface area contributed by atoms with Gasteiger partial charge >= 0.3 is 0 Å². The van der Waals surface area contributed by atoms with E-state index >= 15 is 0 Å². The van der Waals surface area contributed by atoms with Gasteiger partial charge in [-0.25, -0.2) is 0 Å². The van der Waals surface area contributed by atoms with Crippen molar-refractivity contribution in [2.24, 2.45) is 5.73 Å². The highest BCUT2D eigenvalue weighted by Gasteiger charge is 2.33. The van der Waals surface area contributed by atoms with Crippen LogP contribution in [0.4, 0.5) is 0 Å². The minimum atomic E-state index is -0.242. The fraction of sp³-hybridized carbons (Fsp3) is 0.875.